The first-order valence-corrected chi connectivity index (χ1v) is 14.9. The van der Waals surface area contributed by atoms with E-state index in [1.807, 2.05) is 0 Å². The zero-order chi connectivity index (χ0) is 32.7. The van der Waals surface area contributed by atoms with Gasteiger partial charge in [0.2, 0.25) is 0 Å². The maximum Gasteiger partial charge on any atom is 0.430 e. The van der Waals surface area contributed by atoms with Gasteiger partial charge >= 0.3 is 18.4 Å². The smallest absolute Gasteiger partial charge is 0.390 e. The lowest BCUT2D eigenvalue weighted by Gasteiger charge is -2.35. The van der Waals surface area contributed by atoms with Crippen LogP contribution in [0.5, 0.6) is 0 Å². The summed E-state index contributed by atoms with van der Waals surface area (Å²) in [7, 11) is -3.52. The number of sulfone groups is 1. The molecule has 0 saturated carbocycles. The van der Waals surface area contributed by atoms with Crippen molar-refractivity contribution >= 4 is 27.5 Å². The Bertz CT molecular complexity index is 1480. The van der Waals surface area contributed by atoms with Crippen LogP contribution >= 0.6 is 0 Å². The first-order chi connectivity index (χ1) is 20.3. The summed E-state index contributed by atoms with van der Waals surface area (Å²) in [5.74, 6) is -2.45. The molecule has 2 fully saturated rings. The van der Waals surface area contributed by atoms with Crippen LogP contribution in [0.3, 0.4) is 0 Å². The summed E-state index contributed by atoms with van der Waals surface area (Å²) < 4.78 is 116. The number of piperazine rings is 1. The minimum absolute atomic E-state index is 0.0309. The van der Waals surface area contributed by atoms with Gasteiger partial charge in [0.1, 0.15) is 5.82 Å². The standard InChI is InChI=1S/C26H27F7N4O6S/c27-18-11-16(3-6-19(18)34-23(40)35-20-13-44(42,43)14-21(20)38)22(39)37-9-7-36(8-10-37)12-15-1-4-17(5-2-15)24(41,25(28,29)30)26(31,32)33/h1-6,11,20-21,38,41H,7-10,12-14H2,(H2,34,35,40). The molecule has 10 nitrogen and oxygen atoms in total. The normalized spacial score (nSPS) is 21.2. The number of carbonyl (C=O) groups is 2. The number of halogens is 7. The molecule has 2 aliphatic heterocycles. The van der Waals surface area contributed by atoms with Crippen LogP contribution in [-0.2, 0) is 22.0 Å². The maximum absolute atomic E-state index is 14.7. The molecule has 4 rings (SSSR count). The number of amides is 3. The third kappa shape index (κ3) is 7.08. The number of hydrogen-bond acceptors (Lipinski definition) is 7. The fourth-order valence-electron chi connectivity index (χ4n) is 4.93. The minimum atomic E-state index is -5.99. The van der Waals surface area contributed by atoms with Crippen LogP contribution in [0.4, 0.5) is 41.2 Å². The van der Waals surface area contributed by atoms with Gasteiger partial charge < -0.3 is 25.7 Å². The van der Waals surface area contributed by atoms with Crippen molar-refractivity contribution in [2.75, 3.05) is 43.0 Å². The molecule has 2 aromatic rings. The molecule has 0 aliphatic carbocycles. The summed E-state index contributed by atoms with van der Waals surface area (Å²) in [6.45, 7) is 1.06. The SMILES string of the molecule is O=C(Nc1ccc(C(=O)N2CCN(Cc3ccc(C(O)(C(F)(F)F)C(F)(F)F)cc3)CC2)cc1F)NC1CS(=O)(=O)CC1O. The van der Waals surface area contributed by atoms with Gasteiger partial charge in [0.05, 0.1) is 29.3 Å². The number of nitrogens with zero attached hydrogens (tertiary/aromatic N) is 2. The number of rotatable bonds is 6. The minimum Gasteiger partial charge on any atom is -0.390 e. The number of nitrogens with one attached hydrogen (secondary N) is 2. The van der Waals surface area contributed by atoms with Crippen molar-refractivity contribution in [3.63, 3.8) is 0 Å². The van der Waals surface area contributed by atoms with E-state index in [0.29, 0.717) is 17.7 Å². The number of alkyl halides is 6. The quantitative estimate of drug-likeness (QED) is 0.351. The molecule has 2 unspecified atom stereocenters. The Morgan fingerprint density at radius 2 is 1.50 bits per heavy atom. The Kier molecular flexibility index (Phi) is 9.21. The van der Waals surface area contributed by atoms with Crippen LogP contribution in [0, 0.1) is 5.82 Å². The number of aliphatic hydroxyl groups excluding tert-OH is 1. The first kappa shape index (κ1) is 33.4. The van der Waals surface area contributed by atoms with E-state index >= 15 is 0 Å². The fourth-order valence-corrected chi connectivity index (χ4v) is 6.67. The van der Waals surface area contributed by atoms with E-state index in [1.165, 1.54) is 11.0 Å². The fraction of sp³-hybridized carbons (Fsp3) is 0.462. The van der Waals surface area contributed by atoms with Crippen molar-refractivity contribution in [3.05, 3.63) is 65.0 Å². The van der Waals surface area contributed by atoms with Crippen LogP contribution in [0.25, 0.3) is 0 Å². The van der Waals surface area contributed by atoms with Gasteiger partial charge in [-0.25, -0.2) is 17.6 Å². The first-order valence-electron chi connectivity index (χ1n) is 13.0. The number of hydrogen-bond donors (Lipinski definition) is 4. The van der Waals surface area contributed by atoms with Crippen LogP contribution < -0.4 is 10.6 Å². The molecule has 44 heavy (non-hydrogen) atoms. The number of urea groups is 1. The van der Waals surface area contributed by atoms with Crippen molar-refractivity contribution in [1.82, 2.24) is 15.1 Å². The summed E-state index contributed by atoms with van der Waals surface area (Å²) in [6, 6.07) is 4.53. The van der Waals surface area contributed by atoms with E-state index in [1.54, 1.807) is 4.90 Å². The highest BCUT2D eigenvalue weighted by Gasteiger charge is 2.71. The lowest BCUT2D eigenvalue weighted by atomic mass is 9.91. The molecule has 2 aromatic carbocycles. The van der Waals surface area contributed by atoms with Crippen LogP contribution in [0.1, 0.15) is 21.5 Å². The maximum atomic E-state index is 14.7. The topological polar surface area (TPSA) is 139 Å². The predicted octanol–water partition coefficient (Wildman–Crippen LogP) is 2.38. The molecule has 0 aromatic heterocycles. The molecule has 3 amide bonds. The van der Waals surface area contributed by atoms with Crippen molar-refractivity contribution in [1.29, 1.82) is 0 Å². The Labute approximate surface area is 246 Å². The van der Waals surface area contributed by atoms with Gasteiger partial charge in [-0.2, -0.15) is 26.3 Å². The average Bonchev–Trinajstić information content (AvgIpc) is 3.18. The summed E-state index contributed by atoms with van der Waals surface area (Å²) in [5, 5.41) is 23.8. The molecule has 2 atom stereocenters. The Hall–Kier alpha value is -3.48. The van der Waals surface area contributed by atoms with E-state index in [-0.39, 0.29) is 44.0 Å². The molecule has 2 heterocycles. The third-order valence-electron chi connectivity index (χ3n) is 7.36. The zero-order valence-electron chi connectivity index (χ0n) is 22.6. The van der Waals surface area contributed by atoms with Gasteiger partial charge in [-0.05, 0) is 23.8 Å². The van der Waals surface area contributed by atoms with Crippen molar-refractivity contribution in [3.8, 4) is 0 Å². The highest BCUT2D eigenvalue weighted by atomic mass is 32.2. The van der Waals surface area contributed by atoms with Gasteiger partial charge in [-0.3, -0.25) is 9.69 Å². The van der Waals surface area contributed by atoms with Crippen LogP contribution in [0.15, 0.2) is 42.5 Å². The second-order valence-corrected chi connectivity index (χ2v) is 12.7. The van der Waals surface area contributed by atoms with E-state index < -0.39 is 74.8 Å². The van der Waals surface area contributed by atoms with Gasteiger partial charge in [0.25, 0.3) is 11.5 Å². The monoisotopic (exact) mass is 656 g/mol. The lowest BCUT2D eigenvalue weighted by molar-refractivity contribution is -0.376. The number of aliphatic hydroxyl groups is 2. The number of anilines is 1. The highest BCUT2D eigenvalue weighted by molar-refractivity contribution is 7.91. The number of benzene rings is 2. The van der Waals surface area contributed by atoms with E-state index in [2.05, 4.69) is 10.6 Å². The summed E-state index contributed by atoms with van der Waals surface area (Å²) >= 11 is 0. The summed E-state index contributed by atoms with van der Waals surface area (Å²) in [4.78, 5) is 28.3. The van der Waals surface area contributed by atoms with Crippen LogP contribution in [0.2, 0.25) is 0 Å². The van der Waals surface area contributed by atoms with Crippen molar-refractivity contribution in [2.24, 2.45) is 0 Å². The molecule has 18 heteroatoms. The van der Waals surface area contributed by atoms with E-state index in [9.17, 15) is 59.0 Å². The molecule has 4 N–H and O–H groups in total. The van der Waals surface area contributed by atoms with Gasteiger partial charge in [-0.1, -0.05) is 24.3 Å². The molecule has 0 bridgehead atoms. The van der Waals surface area contributed by atoms with E-state index in [0.717, 1.165) is 24.3 Å². The van der Waals surface area contributed by atoms with Crippen LogP contribution in [-0.4, -0.2) is 103 Å². The second kappa shape index (κ2) is 12.1. The Morgan fingerprint density at radius 1 is 0.909 bits per heavy atom. The molecule has 242 valence electrons. The molecule has 2 saturated heterocycles. The molecular weight excluding hydrogens is 629 g/mol. The number of carbonyl (C=O) groups excluding carboxylic acids is 2. The molecular formula is C26H27F7N4O6S. The summed E-state index contributed by atoms with van der Waals surface area (Å²) in [5.41, 5.74) is -6.34. The predicted molar refractivity (Wildman–Crippen MR) is 141 cm³/mol. The molecule has 0 spiro atoms. The summed E-state index contributed by atoms with van der Waals surface area (Å²) in [6.07, 6.45) is -13.3. The van der Waals surface area contributed by atoms with Gasteiger partial charge in [0, 0.05) is 43.9 Å². The van der Waals surface area contributed by atoms with Crippen molar-refractivity contribution < 1.29 is 59.0 Å². The highest BCUT2D eigenvalue weighted by Crippen LogP contribution is 2.50. The third-order valence-corrected chi connectivity index (χ3v) is 9.08. The Morgan fingerprint density at radius 3 is 2.00 bits per heavy atom. The molecule has 2 aliphatic rings. The Balaban J connectivity index is 1.31. The van der Waals surface area contributed by atoms with Gasteiger partial charge in [-0.15, -0.1) is 0 Å². The molecule has 0 radical (unpaired) electrons. The zero-order valence-corrected chi connectivity index (χ0v) is 23.4. The largest absolute Gasteiger partial charge is 0.430 e. The van der Waals surface area contributed by atoms with Crippen molar-refractivity contribution in [2.45, 2.75) is 36.6 Å². The average molecular weight is 657 g/mol. The van der Waals surface area contributed by atoms with E-state index in [4.69, 9.17) is 0 Å². The second-order valence-electron chi connectivity index (χ2n) is 10.5. The lowest BCUT2D eigenvalue weighted by Crippen LogP contribution is -2.53. The van der Waals surface area contributed by atoms with Gasteiger partial charge in [0.15, 0.2) is 9.84 Å².